The second-order valence-corrected chi connectivity index (χ2v) is 6.45. The van der Waals surface area contributed by atoms with Gasteiger partial charge in [-0.1, -0.05) is 35.9 Å². The SMILES string of the molecule is C=C(C)C[C@H](NC(=O)[C@H]1CCCN1C(=O)OCc1ccccc1)C(=O)O. The molecule has 140 valence electrons. The van der Waals surface area contributed by atoms with E-state index in [4.69, 9.17) is 4.74 Å². The van der Waals surface area contributed by atoms with Crippen LogP contribution in [-0.2, 0) is 20.9 Å². The first-order valence-electron chi connectivity index (χ1n) is 8.53. The fourth-order valence-corrected chi connectivity index (χ4v) is 2.88. The molecule has 2 rings (SSSR count). The molecule has 7 nitrogen and oxygen atoms in total. The number of aliphatic carboxylic acids is 1. The van der Waals surface area contributed by atoms with Gasteiger partial charge in [-0.15, -0.1) is 6.58 Å². The van der Waals surface area contributed by atoms with Crippen molar-refractivity contribution in [3.63, 3.8) is 0 Å². The van der Waals surface area contributed by atoms with Gasteiger partial charge in [-0.3, -0.25) is 9.69 Å². The molecular weight excluding hydrogens is 336 g/mol. The molecule has 1 fully saturated rings. The summed E-state index contributed by atoms with van der Waals surface area (Å²) >= 11 is 0. The number of carbonyl (C=O) groups is 3. The highest BCUT2D eigenvalue weighted by Gasteiger charge is 2.36. The summed E-state index contributed by atoms with van der Waals surface area (Å²) in [5.41, 5.74) is 1.51. The van der Waals surface area contributed by atoms with E-state index >= 15 is 0 Å². The van der Waals surface area contributed by atoms with E-state index in [0.29, 0.717) is 25.0 Å². The van der Waals surface area contributed by atoms with Gasteiger partial charge < -0.3 is 15.2 Å². The summed E-state index contributed by atoms with van der Waals surface area (Å²) in [6.45, 7) is 5.91. The summed E-state index contributed by atoms with van der Waals surface area (Å²) in [4.78, 5) is 37.5. The number of rotatable bonds is 7. The van der Waals surface area contributed by atoms with Crippen LogP contribution < -0.4 is 5.32 Å². The Labute approximate surface area is 152 Å². The second kappa shape index (κ2) is 9.03. The third kappa shape index (κ3) is 5.34. The van der Waals surface area contributed by atoms with E-state index < -0.39 is 30.1 Å². The first kappa shape index (κ1) is 19.5. The van der Waals surface area contributed by atoms with Crippen LogP contribution >= 0.6 is 0 Å². The Morgan fingerprint density at radius 2 is 2.04 bits per heavy atom. The average Bonchev–Trinajstić information content (AvgIpc) is 3.09. The molecule has 1 aromatic carbocycles. The number of carbonyl (C=O) groups excluding carboxylic acids is 2. The second-order valence-electron chi connectivity index (χ2n) is 6.45. The predicted molar refractivity (Wildman–Crippen MR) is 95.4 cm³/mol. The molecule has 1 aliphatic rings. The lowest BCUT2D eigenvalue weighted by molar-refractivity contribution is -0.142. The number of hydrogen-bond acceptors (Lipinski definition) is 4. The van der Waals surface area contributed by atoms with Crippen LogP contribution in [0, 0.1) is 0 Å². The third-order valence-electron chi connectivity index (χ3n) is 4.16. The van der Waals surface area contributed by atoms with E-state index in [0.717, 1.165) is 5.56 Å². The van der Waals surface area contributed by atoms with E-state index in [1.807, 2.05) is 30.3 Å². The van der Waals surface area contributed by atoms with Gasteiger partial charge >= 0.3 is 12.1 Å². The summed E-state index contributed by atoms with van der Waals surface area (Å²) in [5.74, 6) is -1.61. The molecule has 7 heteroatoms. The number of amides is 2. The fourth-order valence-electron chi connectivity index (χ4n) is 2.88. The maximum atomic E-state index is 12.5. The van der Waals surface area contributed by atoms with Gasteiger partial charge in [0.2, 0.25) is 5.91 Å². The van der Waals surface area contributed by atoms with Crippen molar-refractivity contribution in [2.75, 3.05) is 6.54 Å². The Kier molecular flexibility index (Phi) is 6.77. The van der Waals surface area contributed by atoms with Crippen LogP contribution in [0.1, 0.15) is 31.7 Å². The number of carboxylic acids is 1. The van der Waals surface area contributed by atoms with Crippen molar-refractivity contribution in [1.29, 1.82) is 0 Å². The summed E-state index contributed by atoms with van der Waals surface area (Å²) in [7, 11) is 0. The minimum atomic E-state index is -1.13. The van der Waals surface area contributed by atoms with Gasteiger partial charge in [0.25, 0.3) is 0 Å². The van der Waals surface area contributed by atoms with Crippen molar-refractivity contribution >= 4 is 18.0 Å². The van der Waals surface area contributed by atoms with Crippen molar-refractivity contribution in [1.82, 2.24) is 10.2 Å². The molecule has 26 heavy (non-hydrogen) atoms. The summed E-state index contributed by atoms with van der Waals surface area (Å²) < 4.78 is 5.29. The minimum Gasteiger partial charge on any atom is -0.480 e. The highest BCUT2D eigenvalue weighted by molar-refractivity contribution is 5.89. The number of ether oxygens (including phenoxy) is 1. The van der Waals surface area contributed by atoms with E-state index in [1.54, 1.807) is 6.92 Å². The molecule has 1 aromatic rings. The summed E-state index contributed by atoms with van der Waals surface area (Å²) in [5, 5.41) is 11.7. The first-order chi connectivity index (χ1) is 12.4. The third-order valence-corrected chi connectivity index (χ3v) is 4.16. The maximum Gasteiger partial charge on any atom is 0.410 e. The number of hydrogen-bond donors (Lipinski definition) is 2. The Morgan fingerprint density at radius 3 is 2.65 bits per heavy atom. The summed E-state index contributed by atoms with van der Waals surface area (Å²) in [6, 6.07) is 7.49. The predicted octanol–water partition coefficient (Wildman–Crippen LogP) is 2.32. The molecule has 2 amide bonds. The van der Waals surface area contributed by atoms with E-state index in [-0.39, 0.29) is 13.0 Å². The molecule has 1 aliphatic heterocycles. The average molecular weight is 360 g/mol. The van der Waals surface area contributed by atoms with Gasteiger partial charge in [0.05, 0.1) is 0 Å². The molecule has 2 N–H and O–H groups in total. The van der Waals surface area contributed by atoms with Crippen LogP contribution in [0.5, 0.6) is 0 Å². The van der Waals surface area contributed by atoms with Crippen molar-refractivity contribution < 1.29 is 24.2 Å². The van der Waals surface area contributed by atoms with Gasteiger partial charge in [-0.05, 0) is 31.7 Å². The zero-order chi connectivity index (χ0) is 19.1. The van der Waals surface area contributed by atoms with Crippen LogP contribution in [-0.4, -0.2) is 46.6 Å². The molecule has 1 heterocycles. The Hall–Kier alpha value is -2.83. The largest absolute Gasteiger partial charge is 0.480 e. The normalized spacial score (nSPS) is 17.4. The molecule has 0 unspecified atom stereocenters. The molecule has 0 bridgehead atoms. The van der Waals surface area contributed by atoms with Gasteiger partial charge in [-0.2, -0.15) is 0 Å². The molecule has 0 saturated carbocycles. The smallest absolute Gasteiger partial charge is 0.410 e. The van der Waals surface area contributed by atoms with Gasteiger partial charge in [-0.25, -0.2) is 9.59 Å². The lowest BCUT2D eigenvalue weighted by Gasteiger charge is -2.25. The van der Waals surface area contributed by atoms with Crippen molar-refractivity contribution in [2.45, 2.75) is 44.9 Å². The summed E-state index contributed by atoms with van der Waals surface area (Å²) in [6.07, 6.45) is 0.715. The van der Waals surface area contributed by atoms with Gasteiger partial charge in [0.15, 0.2) is 0 Å². The van der Waals surface area contributed by atoms with Crippen LogP contribution in [0.15, 0.2) is 42.5 Å². The van der Waals surface area contributed by atoms with Crippen LogP contribution in [0.2, 0.25) is 0 Å². The Bertz CT molecular complexity index is 674. The van der Waals surface area contributed by atoms with Crippen molar-refractivity contribution in [3.8, 4) is 0 Å². The lowest BCUT2D eigenvalue weighted by atomic mass is 10.1. The van der Waals surface area contributed by atoms with Crippen molar-refractivity contribution in [3.05, 3.63) is 48.0 Å². The van der Waals surface area contributed by atoms with Crippen LogP contribution in [0.4, 0.5) is 4.79 Å². The molecule has 0 spiro atoms. The van der Waals surface area contributed by atoms with Gasteiger partial charge in [0.1, 0.15) is 18.7 Å². The van der Waals surface area contributed by atoms with Crippen molar-refractivity contribution in [2.24, 2.45) is 0 Å². The standard InChI is InChI=1S/C19H24N2O5/c1-13(2)11-15(18(23)24)20-17(22)16-9-6-10-21(16)19(25)26-12-14-7-4-3-5-8-14/h3-5,7-8,15-16H,1,6,9-12H2,2H3,(H,20,22)(H,23,24)/t15-,16+/m0/s1. The number of benzene rings is 1. The quantitative estimate of drug-likeness (QED) is 0.728. The highest BCUT2D eigenvalue weighted by Crippen LogP contribution is 2.19. The monoisotopic (exact) mass is 360 g/mol. The van der Waals surface area contributed by atoms with Crippen LogP contribution in [0.3, 0.4) is 0 Å². The number of nitrogens with one attached hydrogen (secondary N) is 1. The Balaban J connectivity index is 1.95. The molecule has 1 saturated heterocycles. The van der Waals surface area contributed by atoms with Gasteiger partial charge in [0, 0.05) is 6.54 Å². The number of carboxylic acid groups (broad SMARTS) is 1. The fraction of sp³-hybridized carbons (Fsp3) is 0.421. The molecule has 2 atom stereocenters. The van der Waals surface area contributed by atoms with E-state index in [1.165, 1.54) is 4.90 Å². The molecule has 0 aliphatic carbocycles. The number of likely N-dealkylation sites (tertiary alicyclic amines) is 1. The number of nitrogens with zero attached hydrogens (tertiary/aromatic N) is 1. The maximum absolute atomic E-state index is 12.5. The van der Waals surface area contributed by atoms with E-state index in [9.17, 15) is 19.5 Å². The zero-order valence-corrected chi connectivity index (χ0v) is 14.8. The molecule has 0 radical (unpaired) electrons. The zero-order valence-electron chi connectivity index (χ0n) is 14.8. The topological polar surface area (TPSA) is 95.9 Å². The lowest BCUT2D eigenvalue weighted by Crippen LogP contribution is -2.51. The Morgan fingerprint density at radius 1 is 1.35 bits per heavy atom. The minimum absolute atomic E-state index is 0.123. The van der Waals surface area contributed by atoms with Crippen LogP contribution in [0.25, 0.3) is 0 Å². The molecular formula is C19H24N2O5. The molecule has 0 aromatic heterocycles. The highest BCUT2D eigenvalue weighted by atomic mass is 16.6. The first-order valence-corrected chi connectivity index (χ1v) is 8.53. The van der Waals surface area contributed by atoms with E-state index in [2.05, 4.69) is 11.9 Å².